The average Bonchev–Trinajstić information content (AvgIpc) is 2.82. The first kappa shape index (κ1) is 15.3. The molecule has 2 rings (SSSR count). The van der Waals surface area contributed by atoms with Crippen molar-refractivity contribution in [2.75, 3.05) is 19.0 Å². The largest absolute Gasteiger partial charge is 0.375 e. The van der Waals surface area contributed by atoms with Crippen molar-refractivity contribution in [2.24, 2.45) is 0 Å². The Hall–Kier alpha value is -0.140. The summed E-state index contributed by atoms with van der Waals surface area (Å²) in [7, 11) is -3.41. The Bertz CT molecular complexity index is 529. The lowest BCUT2D eigenvalue weighted by Crippen LogP contribution is -2.49. The predicted octanol–water partition coefficient (Wildman–Crippen LogP) is 2.33. The number of rotatable bonds is 4. The standard InChI is InChI=1S/C12H18ClNO3S2/c1-9-8-17-10(2)7-14(9)19(15,16)12-4-3-11(18-12)5-6-13/h3-4,9-10H,5-8H2,1-2H3. The minimum Gasteiger partial charge on any atom is -0.375 e. The molecule has 2 unspecified atom stereocenters. The van der Waals surface area contributed by atoms with Crippen LogP contribution >= 0.6 is 22.9 Å². The van der Waals surface area contributed by atoms with Crippen LogP contribution in [0.15, 0.2) is 16.3 Å². The van der Waals surface area contributed by atoms with Gasteiger partial charge >= 0.3 is 0 Å². The third-order valence-corrected chi connectivity index (χ3v) is 6.87. The summed E-state index contributed by atoms with van der Waals surface area (Å²) in [5, 5.41) is 0. The second-order valence-corrected chi connectivity index (χ2v) is 8.39. The van der Waals surface area contributed by atoms with Crippen LogP contribution in [0.25, 0.3) is 0 Å². The number of alkyl halides is 1. The smallest absolute Gasteiger partial charge is 0.252 e. The normalized spacial score (nSPS) is 25.6. The Kier molecular flexibility index (Phi) is 4.89. The summed E-state index contributed by atoms with van der Waals surface area (Å²) < 4.78 is 32.6. The van der Waals surface area contributed by atoms with E-state index in [2.05, 4.69) is 0 Å². The van der Waals surface area contributed by atoms with E-state index in [0.29, 0.717) is 29.7 Å². The fraction of sp³-hybridized carbons (Fsp3) is 0.667. The number of hydrogen-bond donors (Lipinski definition) is 0. The van der Waals surface area contributed by atoms with Crippen LogP contribution in [-0.4, -0.2) is 43.9 Å². The van der Waals surface area contributed by atoms with E-state index in [9.17, 15) is 8.42 Å². The summed E-state index contributed by atoms with van der Waals surface area (Å²) in [6.45, 7) is 4.62. The highest BCUT2D eigenvalue weighted by Gasteiger charge is 2.34. The van der Waals surface area contributed by atoms with Crippen LogP contribution in [0.5, 0.6) is 0 Å². The number of hydrogen-bond acceptors (Lipinski definition) is 4. The van der Waals surface area contributed by atoms with Crippen molar-refractivity contribution in [1.82, 2.24) is 4.31 Å². The number of ether oxygens (including phenoxy) is 1. The third-order valence-electron chi connectivity index (χ3n) is 3.09. The highest BCUT2D eigenvalue weighted by molar-refractivity contribution is 7.91. The molecule has 1 aromatic rings. The van der Waals surface area contributed by atoms with Gasteiger partial charge in [-0.3, -0.25) is 0 Å². The van der Waals surface area contributed by atoms with Crippen molar-refractivity contribution in [2.45, 2.75) is 36.6 Å². The maximum Gasteiger partial charge on any atom is 0.252 e. The molecule has 19 heavy (non-hydrogen) atoms. The van der Waals surface area contributed by atoms with Gasteiger partial charge in [0.2, 0.25) is 0 Å². The van der Waals surface area contributed by atoms with Crippen molar-refractivity contribution < 1.29 is 13.2 Å². The van der Waals surface area contributed by atoms with Gasteiger partial charge in [0.15, 0.2) is 0 Å². The van der Waals surface area contributed by atoms with Gasteiger partial charge in [-0.2, -0.15) is 4.31 Å². The SMILES string of the molecule is CC1CN(S(=O)(=O)c2ccc(CCCl)s2)C(C)CO1. The van der Waals surface area contributed by atoms with E-state index in [1.54, 1.807) is 6.07 Å². The van der Waals surface area contributed by atoms with E-state index < -0.39 is 10.0 Å². The molecular weight excluding hydrogens is 306 g/mol. The number of morpholine rings is 1. The molecule has 1 aliphatic heterocycles. The highest BCUT2D eigenvalue weighted by atomic mass is 35.5. The van der Waals surface area contributed by atoms with Crippen molar-refractivity contribution in [3.8, 4) is 0 Å². The van der Waals surface area contributed by atoms with Gasteiger partial charge in [-0.15, -0.1) is 22.9 Å². The Balaban J connectivity index is 2.24. The Morgan fingerprint density at radius 2 is 2.21 bits per heavy atom. The lowest BCUT2D eigenvalue weighted by Gasteiger charge is -2.35. The first-order valence-electron chi connectivity index (χ1n) is 6.23. The van der Waals surface area contributed by atoms with Crippen molar-refractivity contribution in [1.29, 1.82) is 0 Å². The van der Waals surface area contributed by atoms with Crippen LogP contribution in [0.4, 0.5) is 0 Å². The van der Waals surface area contributed by atoms with E-state index in [-0.39, 0.29) is 12.1 Å². The Morgan fingerprint density at radius 3 is 2.89 bits per heavy atom. The number of sulfonamides is 1. The molecule has 2 heterocycles. The number of nitrogens with zero attached hydrogens (tertiary/aromatic N) is 1. The highest BCUT2D eigenvalue weighted by Crippen LogP contribution is 2.28. The minimum atomic E-state index is -3.41. The van der Waals surface area contributed by atoms with E-state index >= 15 is 0 Å². The Labute approximate surface area is 123 Å². The van der Waals surface area contributed by atoms with Crippen molar-refractivity contribution in [3.63, 3.8) is 0 Å². The molecular formula is C12H18ClNO3S2. The van der Waals surface area contributed by atoms with Gasteiger partial charge in [-0.1, -0.05) is 0 Å². The van der Waals surface area contributed by atoms with Gasteiger partial charge in [0, 0.05) is 23.3 Å². The van der Waals surface area contributed by atoms with Crippen LogP contribution in [0.3, 0.4) is 0 Å². The molecule has 0 aliphatic carbocycles. The first-order valence-corrected chi connectivity index (χ1v) is 9.02. The number of aryl methyl sites for hydroxylation is 1. The third kappa shape index (κ3) is 3.31. The van der Waals surface area contributed by atoms with Crippen LogP contribution < -0.4 is 0 Å². The van der Waals surface area contributed by atoms with Crippen molar-refractivity contribution in [3.05, 3.63) is 17.0 Å². The molecule has 0 aromatic carbocycles. The van der Waals surface area contributed by atoms with E-state index in [0.717, 1.165) is 4.88 Å². The molecule has 0 amide bonds. The summed E-state index contributed by atoms with van der Waals surface area (Å²) >= 11 is 6.99. The Morgan fingerprint density at radius 1 is 1.47 bits per heavy atom. The van der Waals surface area contributed by atoms with E-state index in [1.807, 2.05) is 19.9 Å². The van der Waals surface area contributed by atoms with E-state index in [1.165, 1.54) is 15.6 Å². The molecule has 0 N–H and O–H groups in total. The number of halogens is 1. The predicted molar refractivity (Wildman–Crippen MR) is 77.5 cm³/mol. The van der Waals surface area contributed by atoms with Gasteiger partial charge in [0.25, 0.3) is 10.0 Å². The van der Waals surface area contributed by atoms with Gasteiger partial charge in [0.05, 0.1) is 12.7 Å². The molecule has 4 nitrogen and oxygen atoms in total. The maximum absolute atomic E-state index is 12.6. The fourth-order valence-corrected chi connectivity index (χ4v) is 5.54. The summed E-state index contributed by atoms with van der Waals surface area (Å²) in [6, 6.07) is 3.39. The van der Waals surface area contributed by atoms with Crippen molar-refractivity contribution >= 4 is 33.0 Å². The summed E-state index contributed by atoms with van der Waals surface area (Å²) in [5.74, 6) is 0.505. The molecule has 1 saturated heterocycles. The molecule has 7 heteroatoms. The fourth-order valence-electron chi connectivity index (χ4n) is 2.05. The zero-order valence-corrected chi connectivity index (χ0v) is 13.4. The van der Waals surface area contributed by atoms with Crippen LogP contribution in [0.2, 0.25) is 0 Å². The van der Waals surface area contributed by atoms with Gasteiger partial charge in [-0.25, -0.2) is 8.42 Å². The molecule has 0 spiro atoms. The molecule has 1 fully saturated rings. The summed E-state index contributed by atoms with van der Waals surface area (Å²) in [6.07, 6.45) is 0.643. The molecule has 2 atom stereocenters. The number of thiophene rings is 1. The topological polar surface area (TPSA) is 46.6 Å². The minimum absolute atomic E-state index is 0.0618. The second kappa shape index (κ2) is 6.10. The van der Waals surface area contributed by atoms with E-state index in [4.69, 9.17) is 16.3 Å². The van der Waals surface area contributed by atoms with Gasteiger partial charge in [0.1, 0.15) is 4.21 Å². The summed E-state index contributed by atoms with van der Waals surface area (Å²) in [5.41, 5.74) is 0. The monoisotopic (exact) mass is 323 g/mol. The van der Waals surface area contributed by atoms with Crippen LogP contribution in [-0.2, 0) is 21.2 Å². The van der Waals surface area contributed by atoms with Crippen LogP contribution in [0, 0.1) is 0 Å². The zero-order valence-electron chi connectivity index (χ0n) is 11.0. The maximum atomic E-state index is 12.6. The lowest BCUT2D eigenvalue weighted by molar-refractivity contribution is -0.0170. The van der Waals surface area contributed by atoms with Gasteiger partial charge < -0.3 is 4.74 Å². The molecule has 0 bridgehead atoms. The molecule has 0 radical (unpaired) electrons. The molecule has 0 saturated carbocycles. The average molecular weight is 324 g/mol. The second-order valence-electron chi connectivity index (χ2n) is 4.73. The van der Waals surface area contributed by atoms with Gasteiger partial charge in [-0.05, 0) is 32.4 Å². The summed E-state index contributed by atoms with van der Waals surface area (Å²) in [4.78, 5) is 1.00. The first-order chi connectivity index (χ1) is 8.95. The zero-order chi connectivity index (χ0) is 14.0. The quantitative estimate of drug-likeness (QED) is 0.799. The van der Waals surface area contributed by atoms with Crippen LogP contribution in [0.1, 0.15) is 18.7 Å². The molecule has 1 aromatic heterocycles. The molecule has 1 aliphatic rings. The lowest BCUT2D eigenvalue weighted by atomic mass is 10.2. The molecule has 108 valence electrons.